The van der Waals surface area contributed by atoms with Gasteiger partial charge in [0.05, 0.1) is 17.3 Å². The third-order valence-electron chi connectivity index (χ3n) is 3.85. The van der Waals surface area contributed by atoms with Crippen molar-refractivity contribution < 1.29 is 0 Å². The highest BCUT2D eigenvalue weighted by atomic mass is 15.1. The summed E-state index contributed by atoms with van der Waals surface area (Å²) in [6, 6.07) is 10.0. The van der Waals surface area contributed by atoms with Gasteiger partial charge in [-0.3, -0.25) is 4.90 Å². The molecule has 0 radical (unpaired) electrons. The lowest BCUT2D eigenvalue weighted by Crippen LogP contribution is -2.31. The molecule has 21 heavy (non-hydrogen) atoms. The Kier molecular flexibility index (Phi) is 3.94. The van der Waals surface area contributed by atoms with Crippen molar-refractivity contribution in [1.82, 2.24) is 14.9 Å². The number of aryl methyl sites for hydroxylation is 1. The molecule has 3 rings (SSSR count). The van der Waals surface area contributed by atoms with Crippen LogP contribution in [0.1, 0.15) is 35.1 Å². The number of aromatic nitrogens is 2. The number of nitrogens with zero attached hydrogens (tertiary/aromatic N) is 4. The smallest absolute Gasteiger partial charge is 0.128 e. The van der Waals surface area contributed by atoms with E-state index in [0.29, 0.717) is 0 Å². The summed E-state index contributed by atoms with van der Waals surface area (Å²) in [4.78, 5) is 11.4. The largest absolute Gasteiger partial charge is 0.293 e. The van der Waals surface area contributed by atoms with Crippen LogP contribution < -0.4 is 0 Å². The van der Waals surface area contributed by atoms with Crippen LogP contribution in [-0.4, -0.2) is 21.4 Å². The molecule has 0 unspecified atom stereocenters. The van der Waals surface area contributed by atoms with Crippen LogP contribution in [0.2, 0.25) is 0 Å². The minimum Gasteiger partial charge on any atom is -0.293 e. The summed E-state index contributed by atoms with van der Waals surface area (Å²) in [5.74, 6) is 0.919. The molecule has 1 aromatic heterocycles. The van der Waals surface area contributed by atoms with Gasteiger partial charge in [-0.1, -0.05) is 19.1 Å². The summed E-state index contributed by atoms with van der Waals surface area (Å²) in [5, 5.41) is 8.98. The predicted molar refractivity (Wildman–Crippen MR) is 80.4 cm³/mol. The Morgan fingerprint density at radius 2 is 2.29 bits per heavy atom. The zero-order valence-electron chi connectivity index (χ0n) is 12.2. The molecule has 2 heterocycles. The highest BCUT2D eigenvalue weighted by molar-refractivity contribution is 5.33. The van der Waals surface area contributed by atoms with E-state index in [4.69, 9.17) is 5.26 Å². The molecule has 0 atom stereocenters. The second-order valence-electron chi connectivity index (χ2n) is 5.38. The van der Waals surface area contributed by atoms with Gasteiger partial charge in [0.2, 0.25) is 0 Å². The maximum atomic E-state index is 8.98. The number of hydrogen-bond acceptors (Lipinski definition) is 4. The Labute approximate surface area is 125 Å². The molecular weight excluding hydrogens is 260 g/mol. The minimum absolute atomic E-state index is 0.723. The van der Waals surface area contributed by atoms with Crippen molar-refractivity contribution in [3.05, 3.63) is 58.7 Å². The van der Waals surface area contributed by atoms with Crippen LogP contribution in [0.4, 0.5) is 0 Å². The first-order valence-corrected chi connectivity index (χ1v) is 7.33. The van der Waals surface area contributed by atoms with E-state index in [0.717, 1.165) is 49.6 Å². The molecule has 0 spiro atoms. The van der Waals surface area contributed by atoms with Crippen molar-refractivity contribution in [2.75, 3.05) is 6.54 Å². The lowest BCUT2D eigenvalue weighted by Gasteiger charge is -2.28. The minimum atomic E-state index is 0.723. The molecule has 1 aliphatic heterocycles. The zero-order chi connectivity index (χ0) is 14.7. The number of benzene rings is 1. The molecule has 4 nitrogen and oxygen atoms in total. The molecule has 0 amide bonds. The van der Waals surface area contributed by atoms with Gasteiger partial charge in [0, 0.05) is 32.3 Å². The topological polar surface area (TPSA) is 52.8 Å². The monoisotopic (exact) mass is 278 g/mol. The van der Waals surface area contributed by atoms with Gasteiger partial charge in [-0.15, -0.1) is 0 Å². The average Bonchev–Trinajstić information content (AvgIpc) is 2.54. The Bertz CT molecular complexity index is 687. The van der Waals surface area contributed by atoms with Crippen LogP contribution in [0.25, 0.3) is 0 Å². The van der Waals surface area contributed by atoms with E-state index < -0.39 is 0 Å². The van der Waals surface area contributed by atoms with Gasteiger partial charge in [0.15, 0.2) is 0 Å². The maximum absolute atomic E-state index is 8.98. The summed E-state index contributed by atoms with van der Waals surface area (Å²) in [5.41, 5.74) is 4.33. The fraction of sp³-hybridized carbons (Fsp3) is 0.353. The molecule has 0 aliphatic carbocycles. The van der Waals surface area contributed by atoms with E-state index >= 15 is 0 Å². The first kappa shape index (κ1) is 13.7. The normalized spacial score (nSPS) is 14.5. The molecular formula is C17H18N4. The molecule has 0 saturated carbocycles. The lowest BCUT2D eigenvalue weighted by atomic mass is 10.1. The quantitative estimate of drug-likeness (QED) is 0.865. The summed E-state index contributed by atoms with van der Waals surface area (Å²) in [7, 11) is 0. The standard InChI is InChI=1S/C17H18N4/c1-2-17-19-10-15-6-7-21(12-16(15)20-17)11-14-5-3-4-13(8-14)9-18/h3-5,8,10H,2,6-7,11-12H2,1H3. The van der Waals surface area contributed by atoms with Crippen molar-refractivity contribution >= 4 is 0 Å². The second-order valence-corrected chi connectivity index (χ2v) is 5.38. The van der Waals surface area contributed by atoms with Crippen molar-refractivity contribution in [3.63, 3.8) is 0 Å². The predicted octanol–water partition coefficient (Wildman–Crippen LogP) is 2.47. The third kappa shape index (κ3) is 3.09. The van der Waals surface area contributed by atoms with Crippen LogP contribution >= 0.6 is 0 Å². The fourth-order valence-corrected chi connectivity index (χ4v) is 2.70. The van der Waals surface area contributed by atoms with Gasteiger partial charge in [-0.25, -0.2) is 9.97 Å². The molecule has 106 valence electrons. The van der Waals surface area contributed by atoms with Crippen LogP contribution in [0.3, 0.4) is 0 Å². The molecule has 1 aromatic carbocycles. The molecule has 0 bridgehead atoms. The second kappa shape index (κ2) is 6.02. The first-order valence-electron chi connectivity index (χ1n) is 7.33. The number of fused-ring (bicyclic) bond motifs is 1. The van der Waals surface area contributed by atoms with Crippen molar-refractivity contribution in [2.45, 2.75) is 32.9 Å². The molecule has 4 heteroatoms. The Morgan fingerprint density at radius 1 is 1.38 bits per heavy atom. The zero-order valence-corrected chi connectivity index (χ0v) is 12.2. The van der Waals surface area contributed by atoms with E-state index in [1.165, 1.54) is 11.1 Å². The highest BCUT2D eigenvalue weighted by Gasteiger charge is 2.18. The highest BCUT2D eigenvalue weighted by Crippen LogP contribution is 2.19. The summed E-state index contributed by atoms with van der Waals surface area (Å²) in [6.45, 7) is 4.82. The van der Waals surface area contributed by atoms with Gasteiger partial charge in [0.1, 0.15) is 5.82 Å². The van der Waals surface area contributed by atoms with Crippen molar-refractivity contribution in [1.29, 1.82) is 5.26 Å². The van der Waals surface area contributed by atoms with Gasteiger partial charge < -0.3 is 0 Å². The van der Waals surface area contributed by atoms with E-state index in [2.05, 4.69) is 33.9 Å². The molecule has 2 aromatic rings. The van der Waals surface area contributed by atoms with Gasteiger partial charge in [0.25, 0.3) is 0 Å². The summed E-state index contributed by atoms with van der Waals surface area (Å²) < 4.78 is 0. The van der Waals surface area contributed by atoms with Crippen LogP contribution in [0.5, 0.6) is 0 Å². The van der Waals surface area contributed by atoms with Gasteiger partial charge in [-0.05, 0) is 29.7 Å². The van der Waals surface area contributed by atoms with Gasteiger partial charge >= 0.3 is 0 Å². The number of rotatable bonds is 3. The summed E-state index contributed by atoms with van der Waals surface area (Å²) in [6.07, 6.45) is 3.85. The van der Waals surface area contributed by atoms with Gasteiger partial charge in [-0.2, -0.15) is 5.26 Å². The molecule has 0 saturated heterocycles. The van der Waals surface area contributed by atoms with E-state index in [1.807, 2.05) is 24.4 Å². The average molecular weight is 278 g/mol. The van der Waals surface area contributed by atoms with Crippen LogP contribution in [0, 0.1) is 11.3 Å². The third-order valence-corrected chi connectivity index (χ3v) is 3.85. The first-order chi connectivity index (χ1) is 10.3. The molecule has 0 N–H and O–H groups in total. The summed E-state index contributed by atoms with van der Waals surface area (Å²) >= 11 is 0. The number of nitriles is 1. The Morgan fingerprint density at radius 3 is 3.10 bits per heavy atom. The SMILES string of the molecule is CCc1ncc2c(n1)CN(Cc1cccc(C#N)c1)CC2. The Hall–Kier alpha value is -2.25. The fourth-order valence-electron chi connectivity index (χ4n) is 2.70. The van der Waals surface area contributed by atoms with Crippen molar-refractivity contribution in [3.8, 4) is 6.07 Å². The van der Waals surface area contributed by atoms with Crippen LogP contribution in [0.15, 0.2) is 30.5 Å². The molecule has 0 fully saturated rings. The molecule has 1 aliphatic rings. The lowest BCUT2D eigenvalue weighted by molar-refractivity contribution is 0.240. The Balaban J connectivity index is 1.75. The van der Waals surface area contributed by atoms with Crippen LogP contribution in [-0.2, 0) is 25.9 Å². The number of hydrogen-bond donors (Lipinski definition) is 0. The van der Waals surface area contributed by atoms with E-state index in [9.17, 15) is 0 Å². The van der Waals surface area contributed by atoms with E-state index in [1.54, 1.807) is 0 Å². The van der Waals surface area contributed by atoms with E-state index in [-0.39, 0.29) is 0 Å². The van der Waals surface area contributed by atoms with Crippen molar-refractivity contribution in [2.24, 2.45) is 0 Å². The maximum Gasteiger partial charge on any atom is 0.128 e.